The molecule has 1 aromatic heterocycles. The van der Waals surface area contributed by atoms with Gasteiger partial charge in [-0.1, -0.05) is 11.6 Å². The van der Waals surface area contributed by atoms with Gasteiger partial charge in [0.1, 0.15) is 11.3 Å². The van der Waals surface area contributed by atoms with Gasteiger partial charge in [0.15, 0.2) is 0 Å². The largest absolute Gasteiger partial charge is 0.478 e. The summed E-state index contributed by atoms with van der Waals surface area (Å²) in [5.74, 6) is -2.26. The van der Waals surface area contributed by atoms with Crippen molar-refractivity contribution in [2.24, 2.45) is 0 Å². The molecule has 1 heterocycles. The van der Waals surface area contributed by atoms with Gasteiger partial charge in [0, 0.05) is 11.6 Å². The number of ether oxygens (including phenoxy) is 2. The van der Waals surface area contributed by atoms with E-state index in [2.05, 4.69) is 4.98 Å². The SMILES string of the molecule is CC(C)OC(=O)C(Oc1ccc(Cl)c2cccnc12)C(=O)O. The summed E-state index contributed by atoms with van der Waals surface area (Å²) in [6, 6.07) is 6.43. The normalized spacial score (nSPS) is 12.2. The topological polar surface area (TPSA) is 85.7 Å². The standard InChI is InChI=1S/C15H14ClNO5/c1-8(2)21-15(20)13(14(18)19)22-11-6-5-10(16)9-4-3-7-17-12(9)11/h3-8,13H,1-2H3,(H,18,19). The quantitative estimate of drug-likeness (QED) is 0.672. The van der Waals surface area contributed by atoms with Crippen LogP contribution in [0.15, 0.2) is 30.5 Å². The molecular formula is C15H14ClNO5. The van der Waals surface area contributed by atoms with Crippen molar-refractivity contribution in [1.82, 2.24) is 4.98 Å². The summed E-state index contributed by atoms with van der Waals surface area (Å²) in [7, 11) is 0. The number of aromatic nitrogens is 1. The van der Waals surface area contributed by atoms with Gasteiger partial charge in [0.25, 0.3) is 6.10 Å². The monoisotopic (exact) mass is 323 g/mol. The molecule has 1 atom stereocenters. The fourth-order valence-corrected chi connectivity index (χ4v) is 2.04. The van der Waals surface area contributed by atoms with Crippen molar-refractivity contribution in [1.29, 1.82) is 0 Å². The highest BCUT2D eigenvalue weighted by Crippen LogP contribution is 2.30. The van der Waals surface area contributed by atoms with Gasteiger partial charge in [0.05, 0.1) is 11.1 Å². The number of carbonyl (C=O) groups is 2. The highest BCUT2D eigenvalue weighted by atomic mass is 35.5. The molecule has 22 heavy (non-hydrogen) atoms. The van der Waals surface area contributed by atoms with Crippen LogP contribution in [0.3, 0.4) is 0 Å². The second-order valence-corrected chi connectivity index (χ2v) is 5.17. The molecule has 2 aromatic rings. The van der Waals surface area contributed by atoms with Crippen molar-refractivity contribution in [2.45, 2.75) is 26.1 Å². The van der Waals surface area contributed by atoms with Crippen molar-refractivity contribution in [3.8, 4) is 5.75 Å². The minimum Gasteiger partial charge on any atom is -0.478 e. The maximum Gasteiger partial charge on any atom is 0.359 e. The lowest BCUT2D eigenvalue weighted by atomic mass is 10.2. The van der Waals surface area contributed by atoms with Gasteiger partial charge < -0.3 is 14.6 Å². The van der Waals surface area contributed by atoms with Crippen LogP contribution in [-0.4, -0.2) is 34.2 Å². The van der Waals surface area contributed by atoms with Crippen LogP contribution in [0, 0.1) is 0 Å². The molecule has 0 fully saturated rings. The van der Waals surface area contributed by atoms with Crippen molar-refractivity contribution in [3.05, 3.63) is 35.5 Å². The van der Waals surface area contributed by atoms with E-state index in [1.807, 2.05) is 0 Å². The first kappa shape index (κ1) is 16.0. The number of rotatable bonds is 5. The van der Waals surface area contributed by atoms with Gasteiger partial charge in [-0.15, -0.1) is 0 Å². The van der Waals surface area contributed by atoms with Crippen molar-refractivity contribution < 1.29 is 24.2 Å². The van der Waals surface area contributed by atoms with Crippen molar-refractivity contribution >= 4 is 34.4 Å². The predicted molar refractivity (Wildman–Crippen MR) is 80.0 cm³/mol. The Labute approximate surface area is 131 Å². The van der Waals surface area contributed by atoms with Crippen LogP contribution in [0.4, 0.5) is 0 Å². The lowest BCUT2D eigenvalue weighted by Crippen LogP contribution is -2.38. The van der Waals surface area contributed by atoms with Crippen LogP contribution in [0.25, 0.3) is 10.9 Å². The Morgan fingerprint density at radius 2 is 2.00 bits per heavy atom. The Balaban J connectivity index is 2.37. The lowest BCUT2D eigenvalue weighted by Gasteiger charge is -2.17. The Hall–Kier alpha value is -2.34. The number of nitrogens with zero attached hydrogens (tertiary/aromatic N) is 1. The number of hydrogen-bond donors (Lipinski definition) is 1. The van der Waals surface area contributed by atoms with E-state index >= 15 is 0 Å². The first-order valence-corrected chi connectivity index (χ1v) is 6.91. The minimum atomic E-state index is -1.77. The van der Waals surface area contributed by atoms with E-state index in [-0.39, 0.29) is 5.75 Å². The van der Waals surface area contributed by atoms with E-state index in [1.54, 1.807) is 32.0 Å². The molecule has 6 nitrogen and oxygen atoms in total. The van der Waals surface area contributed by atoms with E-state index in [9.17, 15) is 14.7 Å². The van der Waals surface area contributed by atoms with Gasteiger partial charge in [-0.25, -0.2) is 9.59 Å². The van der Waals surface area contributed by atoms with Crippen LogP contribution in [0.5, 0.6) is 5.75 Å². The van der Waals surface area contributed by atoms with Gasteiger partial charge in [-0.05, 0) is 38.1 Å². The molecule has 0 saturated heterocycles. The average Bonchev–Trinajstić information content (AvgIpc) is 2.45. The Bertz CT molecular complexity index is 716. The minimum absolute atomic E-state index is 0.146. The maximum atomic E-state index is 11.8. The molecule has 0 radical (unpaired) electrons. The number of pyridine rings is 1. The molecule has 0 saturated carbocycles. The summed E-state index contributed by atoms with van der Waals surface area (Å²) in [4.78, 5) is 27.2. The third-order valence-corrected chi connectivity index (χ3v) is 3.04. The predicted octanol–water partition coefficient (Wildman–Crippen LogP) is 2.67. The molecule has 1 aromatic carbocycles. The number of aliphatic carboxylic acids is 1. The molecule has 0 bridgehead atoms. The fourth-order valence-electron chi connectivity index (χ4n) is 1.83. The molecule has 116 valence electrons. The zero-order chi connectivity index (χ0) is 16.3. The number of fused-ring (bicyclic) bond motifs is 1. The summed E-state index contributed by atoms with van der Waals surface area (Å²) in [5, 5.41) is 10.2. The van der Waals surface area contributed by atoms with Gasteiger partial charge in [-0.2, -0.15) is 0 Å². The van der Waals surface area contributed by atoms with E-state index in [4.69, 9.17) is 21.1 Å². The van der Waals surface area contributed by atoms with E-state index in [1.165, 1.54) is 12.3 Å². The molecule has 0 aliphatic rings. The average molecular weight is 324 g/mol. The van der Waals surface area contributed by atoms with Crippen LogP contribution < -0.4 is 4.74 Å². The second kappa shape index (κ2) is 6.62. The van der Waals surface area contributed by atoms with Crippen molar-refractivity contribution in [2.75, 3.05) is 0 Å². The van der Waals surface area contributed by atoms with Crippen LogP contribution in [0.2, 0.25) is 5.02 Å². The molecule has 0 aliphatic carbocycles. The molecule has 0 aliphatic heterocycles. The number of hydrogen-bond acceptors (Lipinski definition) is 5. The molecule has 1 N–H and O–H groups in total. The maximum absolute atomic E-state index is 11.8. The second-order valence-electron chi connectivity index (χ2n) is 4.77. The summed E-state index contributed by atoms with van der Waals surface area (Å²) in [6.07, 6.45) is -0.694. The third-order valence-electron chi connectivity index (χ3n) is 2.71. The summed E-state index contributed by atoms with van der Waals surface area (Å²) < 4.78 is 10.2. The van der Waals surface area contributed by atoms with Gasteiger partial charge in [0.2, 0.25) is 0 Å². The molecule has 0 spiro atoms. The fraction of sp³-hybridized carbons (Fsp3) is 0.267. The number of carbonyl (C=O) groups excluding carboxylic acids is 1. The van der Waals surface area contributed by atoms with E-state index in [0.717, 1.165) is 0 Å². The Kier molecular flexibility index (Phi) is 4.82. The number of carboxylic acid groups (broad SMARTS) is 1. The summed E-state index contributed by atoms with van der Waals surface area (Å²) in [5.41, 5.74) is 0.374. The first-order valence-electron chi connectivity index (χ1n) is 6.53. The van der Waals surface area contributed by atoms with E-state index < -0.39 is 24.1 Å². The van der Waals surface area contributed by atoms with E-state index in [0.29, 0.717) is 15.9 Å². The van der Waals surface area contributed by atoms with Crippen molar-refractivity contribution in [3.63, 3.8) is 0 Å². The van der Waals surface area contributed by atoms with Gasteiger partial charge >= 0.3 is 11.9 Å². The third kappa shape index (κ3) is 3.46. The summed E-state index contributed by atoms with van der Waals surface area (Å²) >= 11 is 6.06. The first-order chi connectivity index (χ1) is 10.4. The van der Waals surface area contributed by atoms with Crippen LogP contribution >= 0.6 is 11.6 Å². The smallest absolute Gasteiger partial charge is 0.359 e. The highest BCUT2D eigenvalue weighted by Gasteiger charge is 2.31. The molecule has 2 rings (SSSR count). The molecule has 7 heteroatoms. The number of carboxylic acids is 1. The van der Waals surface area contributed by atoms with Crippen LogP contribution in [-0.2, 0) is 14.3 Å². The highest BCUT2D eigenvalue weighted by molar-refractivity contribution is 6.35. The lowest BCUT2D eigenvalue weighted by molar-refractivity contribution is -0.165. The summed E-state index contributed by atoms with van der Waals surface area (Å²) in [6.45, 7) is 3.24. The molecule has 0 amide bonds. The van der Waals surface area contributed by atoms with Crippen LogP contribution in [0.1, 0.15) is 13.8 Å². The number of benzene rings is 1. The zero-order valence-electron chi connectivity index (χ0n) is 11.9. The zero-order valence-corrected chi connectivity index (χ0v) is 12.7. The van der Waals surface area contributed by atoms with Gasteiger partial charge in [-0.3, -0.25) is 4.98 Å². The number of halogens is 1. The molecule has 1 unspecified atom stereocenters. The molecular weight excluding hydrogens is 310 g/mol. The Morgan fingerprint density at radius 3 is 2.64 bits per heavy atom. The number of esters is 1. The Morgan fingerprint density at radius 1 is 1.27 bits per heavy atom.